The van der Waals surface area contributed by atoms with Gasteiger partial charge in [0.15, 0.2) is 12.0 Å². The lowest BCUT2D eigenvalue weighted by molar-refractivity contribution is 0.111. The van der Waals surface area contributed by atoms with Gasteiger partial charge in [0.2, 0.25) is 0 Å². The summed E-state index contributed by atoms with van der Waals surface area (Å²) in [6.45, 7) is 0. The summed E-state index contributed by atoms with van der Waals surface area (Å²) in [6.07, 6.45) is 1.81. The minimum atomic E-state index is -0.124. The number of rotatable bonds is 2. The van der Waals surface area contributed by atoms with E-state index in [0.29, 0.717) is 12.0 Å². The van der Waals surface area contributed by atoms with Crippen molar-refractivity contribution in [3.05, 3.63) is 40.6 Å². The molecule has 76 valence electrons. The Morgan fingerprint density at radius 1 is 1.40 bits per heavy atom. The van der Waals surface area contributed by atoms with Crippen LogP contribution in [-0.4, -0.2) is 21.2 Å². The van der Waals surface area contributed by atoms with Crippen molar-refractivity contribution in [2.24, 2.45) is 0 Å². The van der Waals surface area contributed by atoms with Gasteiger partial charge in [0, 0.05) is 4.47 Å². The highest BCUT2D eigenvalue weighted by Crippen LogP contribution is 2.24. The Labute approximate surface area is 94.3 Å². The van der Waals surface area contributed by atoms with Gasteiger partial charge in [-0.3, -0.25) is 4.79 Å². The molecule has 0 spiro atoms. The van der Waals surface area contributed by atoms with E-state index < -0.39 is 0 Å². The van der Waals surface area contributed by atoms with Crippen LogP contribution in [0.1, 0.15) is 10.5 Å². The highest BCUT2D eigenvalue weighted by atomic mass is 79.9. The first-order valence-electron chi connectivity index (χ1n) is 4.21. The third-order valence-electron chi connectivity index (χ3n) is 1.98. The van der Waals surface area contributed by atoms with Crippen molar-refractivity contribution in [2.45, 2.75) is 0 Å². The average molecular weight is 267 g/mol. The van der Waals surface area contributed by atoms with Crippen LogP contribution in [0.25, 0.3) is 5.69 Å². The van der Waals surface area contributed by atoms with Gasteiger partial charge in [0.05, 0.1) is 11.9 Å². The predicted octanol–water partition coefficient (Wildman–Crippen LogP) is 2.15. The van der Waals surface area contributed by atoms with Crippen molar-refractivity contribution in [3.63, 3.8) is 0 Å². The summed E-state index contributed by atoms with van der Waals surface area (Å²) in [6, 6.07) is 7.32. The van der Waals surface area contributed by atoms with E-state index in [2.05, 4.69) is 21.0 Å². The number of aromatic nitrogens is 2. The largest absolute Gasteiger partial charge is 0.504 e. The van der Waals surface area contributed by atoms with E-state index in [9.17, 15) is 9.90 Å². The molecule has 1 aromatic heterocycles. The predicted molar refractivity (Wildman–Crippen MR) is 58.3 cm³/mol. The van der Waals surface area contributed by atoms with Crippen LogP contribution in [0.2, 0.25) is 0 Å². The lowest BCUT2D eigenvalue weighted by Gasteiger charge is -2.05. The van der Waals surface area contributed by atoms with Gasteiger partial charge in [-0.2, -0.15) is 5.10 Å². The number of benzene rings is 1. The van der Waals surface area contributed by atoms with Crippen molar-refractivity contribution in [1.29, 1.82) is 0 Å². The molecular weight excluding hydrogens is 260 g/mol. The van der Waals surface area contributed by atoms with Gasteiger partial charge in [-0.1, -0.05) is 12.1 Å². The van der Waals surface area contributed by atoms with Gasteiger partial charge in [-0.25, -0.2) is 4.68 Å². The van der Waals surface area contributed by atoms with E-state index in [0.717, 1.165) is 4.47 Å². The quantitative estimate of drug-likeness (QED) is 0.848. The highest BCUT2D eigenvalue weighted by Gasteiger charge is 2.11. The van der Waals surface area contributed by atoms with E-state index in [1.807, 2.05) is 18.2 Å². The number of aromatic hydroxyl groups is 1. The average Bonchev–Trinajstić information content (AvgIpc) is 2.60. The summed E-state index contributed by atoms with van der Waals surface area (Å²) in [4.78, 5) is 10.8. The van der Waals surface area contributed by atoms with Gasteiger partial charge < -0.3 is 5.11 Å². The van der Waals surface area contributed by atoms with Crippen molar-refractivity contribution in [3.8, 4) is 11.4 Å². The Morgan fingerprint density at radius 2 is 2.13 bits per heavy atom. The molecule has 1 N–H and O–H groups in total. The summed E-state index contributed by atoms with van der Waals surface area (Å²) in [5.41, 5.74) is 0.849. The molecule has 0 radical (unpaired) electrons. The molecule has 0 amide bonds. The van der Waals surface area contributed by atoms with Crippen LogP contribution in [-0.2, 0) is 0 Å². The monoisotopic (exact) mass is 266 g/mol. The van der Waals surface area contributed by atoms with Gasteiger partial charge in [-0.05, 0) is 28.1 Å². The minimum Gasteiger partial charge on any atom is -0.504 e. The molecule has 0 atom stereocenters. The Bertz CT molecular complexity index is 508. The number of hydrogen-bond donors (Lipinski definition) is 1. The van der Waals surface area contributed by atoms with Crippen LogP contribution in [0, 0.1) is 0 Å². The lowest BCUT2D eigenvalue weighted by atomic mass is 10.3. The summed E-state index contributed by atoms with van der Waals surface area (Å²) < 4.78 is 2.18. The first-order chi connectivity index (χ1) is 7.24. The van der Waals surface area contributed by atoms with Crippen LogP contribution < -0.4 is 0 Å². The minimum absolute atomic E-state index is 0.124. The molecule has 5 heteroatoms. The second-order valence-electron chi connectivity index (χ2n) is 2.90. The van der Waals surface area contributed by atoms with E-state index in [1.165, 1.54) is 10.9 Å². The Balaban J connectivity index is 2.64. The summed E-state index contributed by atoms with van der Waals surface area (Å²) in [7, 11) is 0. The number of halogens is 1. The SMILES string of the molecule is O=Cc1c(O)cnn1-c1ccccc1Br. The zero-order valence-corrected chi connectivity index (χ0v) is 9.18. The molecule has 4 nitrogen and oxygen atoms in total. The summed E-state index contributed by atoms with van der Waals surface area (Å²) in [5, 5.41) is 13.3. The zero-order valence-electron chi connectivity index (χ0n) is 7.59. The van der Waals surface area contributed by atoms with Crippen LogP contribution in [0.15, 0.2) is 34.9 Å². The fourth-order valence-corrected chi connectivity index (χ4v) is 1.73. The molecule has 0 fully saturated rings. The number of aldehydes is 1. The maximum Gasteiger partial charge on any atom is 0.172 e. The van der Waals surface area contributed by atoms with E-state index in [-0.39, 0.29) is 11.4 Å². The molecule has 1 aromatic carbocycles. The van der Waals surface area contributed by atoms with Gasteiger partial charge in [0.25, 0.3) is 0 Å². The van der Waals surface area contributed by atoms with Crippen molar-refractivity contribution < 1.29 is 9.90 Å². The standard InChI is InChI=1S/C10H7BrN2O2/c11-7-3-1-2-4-8(7)13-9(6-14)10(15)5-12-13/h1-6,15H. The van der Waals surface area contributed by atoms with Crippen LogP contribution in [0.5, 0.6) is 5.75 Å². The second kappa shape index (κ2) is 3.86. The molecule has 1 heterocycles. The number of nitrogens with zero attached hydrogens (tertiary/aromatic N) is 2. The first kappa shape index (κ1) is 9.92. The van der Waals surface area contributed by atoms with Crippen LogP contribution in [0.4, 0.5) is 0 Å². The second-order valence-corrected chi connectivity index (χ2v) is 3.75. The number of para-hydroxylation sites is 1. The first-order valence-corrected chi connectivity index (χ1v) is 5.00. The molecule has 0 bridgehead atoms. The van der Waals surface area contributed by atoms with Crippen LogP contribution in [0.3, 0.4) is 0 Å². The van der Waals surface area contributed by atoms with Gasteiger partial charge in [-0.15, -0.1) is 0 Å². The maximum absolute atomic E-state index is 10.8. The normalized spacial score (nSPS) is 10.2. The van der Waals surface area contributed by atoms with E-state index in [1.54, 1.807) is 6.07 Å². The smallest absolute Gasteiger partial charge is 0.172 e. The lowest BCUT2D eigenvalue weighted by Crippen LogP contribution is -2.01. The molecule has 0 saturated carbocycles. The number of hydrogen-bond acceptors (Lipinski definition) is 3. The van der Waals surface area contributed by atoms with Crippen molar-refractivity contribution in [1.82, 2.24) is 9.78 Å². The van der Waals surface area contributed by atoms with Gasteiger partial charge >= 0.3 is 0 Å². The Hall–Kier alpha value is -1.62. The van der Waals surface area contributed by atoms with Crippen LogP contribution >= 0.6 is 15.9 Å². The molecule has 0 aliphatic heterocycles. The number of carbonyl (C=O) groups is 1. The fourth-order valence-electron chi connectivity index (χ4n) is 1.28. The molecule has 0 unspecified atom stereocenters. The summed E-state index contributed by atoms with van der Waals surface area (Å²) >= 11 is 3.35. The molecule has 0 aliphatic rings. The van der Waals surface area contributed by atoms with Crippen molar-refractivity contribution >= 4 is 22.2 Å². The molecular formula is C10H7BrN2O2. The molecule has 0 saturated heterocycles. The Morgan fingerprint density at radius 3 is 2.80 bits per heavy atom. The molecule has 2 aromatic rings. The third kappa shape index (κ3) is 1.66. The number of carbonyl (C=O) groups excluding carboxylic acids is 1. The fraction of sp³-hybridized carbons (Fsp3) is 0. The Kier molecular flexibility index (Phi) is 2.55. The topological polar surface area (TPSA) is 55.1 Å². The maximum atomic E-state index is 10.8. The molecule has 2 rings (SSSR count). The third-order valence-corrected chi connectivity index (χ3v) is 2.65. The zero-order chi connectivity index (χ0) is 10.8. The summed E-state index contributed by atoms with van der Waals surface area (Å²) in [5.74, 6) is -0.124. The van der Waals surface area contributed by atoms with Gasteiger partial charge in [0.1, 0.15) is 5.69 Å². The van der Waals surface area contributed by atoms with Crippen molar-refractivity contribution in [2.75, 3.05) is 0 Å². The van der Waals surface area contributed by atoms with E-state index >= 15 is 0 Å². The highest BCUT2D eigenvalue weighted by molar-refractivity contribution is 9.10. The molecule has 0 aliphatic carbocycles. The molecule has 15 heavy (non-hydrogen) atoms. The van der Waals surface area contributed by atoms with E-state index in [4.69, 9.17) is 0 Å².